The third-order valence-electron chi connectivity index (χ3n) is 10.8. The molecule has 1 aliphatic heterocycles. The fourth-order valence-corrected chi connectivity index (χ4v) is 9.37. The molecule has 2 aromatic heterocycles. The molecule has 0 saturated carbocycles. The van der Waals surface area contributed by atoms with Gasteiger partial charge in [0.25, 0.3) is 0 Å². The van der Waals surface area contributed by atoms with Crippen LogP contribution in [-0.4, -0.2) is 5.84 Å². The summed E-state index contributed by atoms with van der Waals surface area (Å²) in [6, 6.07) is 62.6. The number of fused-ring (bicyclic) bond motifs is 7. The van der Waals surface area contributed by atoms with Gasteiger partial charge in [-0.1, -0.05) is 146 Å². The van der Waals surface area contributed by atoms with Gasteiger partial charge in [-0.15, -0.1) is 11.3 Å². The van der Waals surface area contributed by atoms with Crippen LogP contribution in [0.3, 0.4) is 0 Å². The summed E-state index contributed by atoms with van der Waals surface area (Å²) >= 11 is 1.84. The SMILES string of the molecule is c1ccc(C2=NC(c3ccc(-c4cccc5oc6ccc(-c7cccc8ccccc78)cc6c45)cc3)NC(c3cccc4sc5ccccc5c34)N2)cc1. The Bertz CT molecular complexity index is 3060. The van der Waals surface area contributed by atoms with Gasteiger partial charge >= 0.3 is 0 Å². The molecular formula is C49H33N3OS. The molecule has 11 rings (SSSR count). The van der Waals surface area contributed by atoms with E-state index in [-0.39, 0.29) is 12.3 Å². The minimum Gasteiger partial charge on any atom is -0.456 e. The van der Waals surface area contributed by atoms with E-state index < -0.39 is 0 Å². The Balaban J connectivity index is 0.992. The van der Waals surface area contributed by atoms with Crippen LogP contribution in [0.1, 0.15) is 29.0 Å². The van der Waals surface area contributed by atoms with Gasteiger partial charge < -0.3 is 9.73 Å². The second-order valence-electron chi connectivity index (χ2n) is 13.9. The van der Waals surface area contributed by atoms with E-state index in [4.69, 9.17) is 9.41 Å². The van der Waals surface area contributed by atoms with E-state index >= 15 is 0 Å². The summed E-state index contributed by atoms with van der Waals surface area (Å²) in [5, 5.41) is 14.9. The summed E-state index contributed by atoms with van der Waals surface area (Å²) in [6.07, 6.45) is -0.402. The summed E-state index contributed by atoms with van der Waals surface area (Å²) in [6.45, 7) is 0. The molecule has 54 heavy (non-hydrogen) atoms. The average Bonchev–Trinajstić information content (AvgIpc) is 3.82. The Kier molecular flexibility index (Phi) is 7.22. The zero-order chi connectivity index (χ0) is 35.6. The molecule has 0 spiro atoms. The van der Waals surface area contributed by atoms with Gasteiger partial charge in [-0.25, -0.2) is 4.99 Å². The van der Waals surface area contributed by atoms with Crippen molar-refractivity contribution in [3.63, 3.8) is 0 Å². The van der Waals surface area contributed by atoms with E-state index in [0.29, 0.717) is 0 Å². The van der Waals surface area contributed by atoms with E-state index in [9.17, 15) is 0 Å². The van der Waals surface area contributed by atoms with Crippen LogP contribution in [0.2, 0.25) is 0 Å². The molecule has 0 amide bonds. The fraction of sp³-hybridized carbons (Fsp3) is 0.0408. The van der Waals surface area contributed by atoms with Crippen molar-refractivity contribution >= 4 is 70.1 Å². The molecule has 0 fully saturated rings. The highest BCUT2D eigenvalue weighted by Gasteiger charge is 2.27. The lowest BCUT2D eigenvalue weighted by molar-refractivity contribution is 0.411. The number of aliphatic imine (C=N–C) groups is 1. The average molecular weight is 712 g/mol. The van der Waals surface area contributed by atoms with Gasteiger partial charge in [-0.05, 0) is 74.5 Å². The number of amidine groups is 1. The summed E-state index contributed by atoms with van der Waals surface area (Å²) in [5.41, 5.74) is 9.84. The van der Waals surface area contributed by atoms with Crippen LogP contribution in [0.5, 0.6) is 0 Å². The molecule has 0 saturated heterocycles. The minimum absolute atomic E-state index is 0.147. The van der Waals surface area contributed by atoms with Crippen molar-refractivity contribution in [3.05, 3.63) is 193 Å². The molecule has 8 aromatic carbocycles. The predicted molar refractivity (Wildman–Crippen MR) is 226 cm³/mol. The van der Waals surface area contributed by atoms with Crippen molar-refractivity contribution in [1.82, 2.24) is 10.6 Å². The van der Waals surface area contributed by atoms with Crippen LogP contribution >= 0.6 is 11.3 Å². The topological polar surface area (TPSA) is 49.6 Å². The molecule has 0 aliphatic carbocycles. The van der Waals surface area contributed by atoms with E-state index in [1.165, 1.54) is 47.6 Å². The zero-order valence-electron chi connectivity index (χ0n) is 29.2. The van der Waals surface area contributed by atoms with Crippen LogP contribution in [-0.2, 0) is 0 Å². The molecule has 0 radical (unpaired) electrons. The van der Waals surface area contributed by atoms with E-state index in [1.54, 1.807) is 0 Å². The summed E-state index contributed by atoms with van der Waals surface area (Å²) in [4.78, 5) is 5.26. The zero-order valence-corrected chi connectivity index (χ0v) is 30.0. The van der Waals surface area contributed by atoms with E-state index in [0.717, 1.165) is 50.0 Å². The number of furan rings is 1. The molecule has 1 aliphatic rings. The van der Waals surface area contributed by atoms with Crippen molar-refractivity contribution in [3.8, 4) is 22.3 Å². The lowest BCUT2D eigenvalue weighted by Crippen LogP contribution is -2.45. The van der Waals surface area contributed by atoms with Crippen LogP contribution in [0.15, 0.2) is 185 Å². The molecule has 2 N–H and O–H groups in total. The number of thiophene rings is 1. The second kappa shape index (κ2) is 12.6. The Labute approximate surface area is 316 Å². The number of hydrogen-bond donors (Lipinski definition) is 2. The first-order valence-electron chi connectivity index (χ1n) is 18.3. The second-order valence-corrected chi connectivity index (χ2v) is 15.0. The first-order valence-corrected chi connectivity index (χ1v) is 19.2. The number of nitrogens with one attached hydrogen (secondary N) is 2. The van der Waals surface area contributed by atoms with Crippen molar-refractivity contribution < 1.29 is 4.42 Å². The quantitative estimate of drug-likeness (QED) is 0.187. The lowest BCUT2D eigenvalue weighted by Gasteiger charge is -2.32. The summed E-state index contributed by atoms with van der Waals surface area (Å²) in [7, 11) is 0. The smallest absolute Gasteiger partial charge is 0.136 e. The van der Waals surface area contributed by atoms with Gasteiger partial charge in [0.15, 0.2) is 0 Å². The standard InChI is InChI=1S/C49H33N3OS/c1-2-12-32(13-3-1)47-50-48(52-49(51-47)39-19-10-22-44-46(39)38-16-6-7-21-43(38)54-44)33-25-23-31(24-26-33)37-18-9-20-42-45(37)40-29-34(27-28-41(40)53-42)36-17-8-14-30-11-4-5-15-35(30)36/h1-29,48-49,52H,(H,50,51). The maximum Gasteiger partial charge on any atom is 0.136 e. The van der Waals surface area contributed by atoms with Crippen molar-refractivity contribution in [1.29, 1.82) is 0 Å². The van der Waals surface area contributed by atoms with Crippen molar-refractivity contribution in [2.45, 2.75) is 12.3 Å². The van der Waals surface area contributed by atoms with Crippen LogP contribution in [0.25, 0.3) is 75.1 Å². The molecule has 5 heteroatoms. The Morgan fingerprint density at radius 3 is 2.13 bits per heavy atom. The highest BCUT2D eigenvalue weighted by Crippen LogP contribution is 2.41. The molecule has 2 atom stereocenters. The minimum atomic E-state index is -0.255. The maximum atomic E-state index is 6.44. The van der Waals surface area contributed by atoms with Crippen LogP contribution in [0, 0.1) is 0 Å². The Morgan fingerprint density at radius 2 is 1.22 bits per heavy atom. The number of benzene rings is 8. The maximum absolute atomic E-state index is 6.44. The first kappa shape index (κ1) is 31.0. The van der Waals surface area contributed by atoms with Gasteiger partial charge in [-0.2, -0.15) is 0 Å². The number of rotatable bonds is 5. The van der Waals surface area contributed by atoms with Crippen molar-refractivity contribution in [2.24, 2.45) is 4.99 Å². The molecule has 2 unspecified atom stereocenters. The fourth-order valence-electron chi connectivity index (χ4n) is 8.23. The summed E-state index contributed by atoms with van der Waals surface area (Å²) in [5.74, 6) is 0.876. The number of nitrogens with zero attached hydrogens (tertiary/aromatic N) is 1. The van der Waals surface area contributed by atoms with Crippen LogP contribution in [0.4, 0.5) is 0 Å². The van der Waals surface area contributed by atoms with Gasteiger partial charge in [0.1, 0.15) is 29.3 Å². The van der Waals surface area contributed by atoms with Gasteiger partial charge in [0.05, 0.1) is 0 Å². The van der Waals surface area contributed by atoms with Gasteiger partial charge in [0.2, 0.25) is 0 Å². The first-order chi connectivity index (χ1) is 26.7. The third kappa shape index (κ3) is 5.12. The molecule has 3 heterocycles. The molecule has 4 nitrogen and oxygen atoms in total. The molecular weight excluding hydrogens is 679 g/mol. The monoisotopic (exact) mass is 711 g/mol. The highest BCUT2D eigenvalue weighted by molar-refractivity contribution is 7.25. The normalized spacial score (nSPS) is 16.0. The highest BCUT2D eigenvalue weighted by atomic mass is 32.1. The summed E-state index contributed by atoms with van der Waals surface area (Å²) < 4.78 is 9.02. The largest absolute Gasteiger partial charge is 0.456 e. The van der Waals surface area contributed by atoms with E-state index in [1.807, 2.05) is 17.4 Å². The molecule has 0 bridgehead atoms. The Morgan fingerprint density at radius 1 is 0.500 bits per heavy atom. The molecule has 256 valence electrons. The Hall–Kier alpha value is -6.53. The van der Waals surface area contributed by atoms with Gasteiger partial charge in [0, 0.05) is 36.5 Å². The van der Waals surface area contributed by atoms with Gasteiger partial charge in [-0.3, -0.25) is 5.32 Å². The number of hydrogen-bond acceptors (Lipinski definition) is 5. The van der Waals surface area contributed by atoms with E-state index in [2.05, 4.69) is 180 Å². The predicted octanol–water partition coefficient (Wildman–Crippen LogP) is 12.8. The van der Waals surface area contributed by atoms with Crippen LogP contribution < -0.4 is 10.6 Å². The van der Waals surface area contributed by atoms with Crippen molar-refractivity contribution in [2.75, 3.05) is 0 Å². The lowest BCUT2D eigenvalue weighted by atomic mass is 9.95. The third-order valence-corrected chi connectivity index (χ3v) is 11.9. The molecule has 10 aromatic rings.